The second-order valence-electron chi connectivity index (χ2n) is 11.7. The maximum Gasteiger partial charge on any atom is 0.494 e. The molecule has 0 aliphatic carbocycles. The van der Waals surface area contributed by atoms with E-state index >= 15 is 0 Å². The van der Waals surface area contributed by atoms with Gasteiger partial charge in [0, 0.05) is 24.9 Å². The van der Waals surface area contributed by atoms with Crippen molar-refractivity contribution in [3.63, 3.8) is 0 Å². The zero-order chi connectivity index (χ0) is 26.4. The third kappa shape index (κ3) is 6.21. The van der Waals surface area contributed by atoms with Crippen molar-refractivity contribution in [2.24, 2.45) is 0 Å². The molecule has 0 radical (unpaired) electrons. The molecule has 3 rings (SSSR count). The average molecular weight is 508 g/mol. The van der Waals surface area contributed by atoms with Crippen molar-refractivity contribution in [3.8, 4) is 0 Å². The molecule has 0 saturated carbocycles. The fourth-order valence-electron chi connectivity index (χ4n) is 4.99. The van der Waals surface area contributed by atoms with Crippen molar-refractivity contribution in [1.29, 1.82) is 0 Å². The van der Waals surface area contributed by atoms with Crippen LogP contribution in [0, 0.1) is 0 Å². The normalized spacial score (nSPS) is 25.5. The highest BCUT2D eigenvalue weighted by atomic mass is 32.2. The molecule has 0 aromatic heterocycles. The third-order valence-electron chi connectivity index (χ3n) is 7.63. The van der Waals surface area contributed by atoms with Crippen molar-refractivity contribution in [1.82, 2.24) is 9.62 Å². The molecule has 2 heterocycles. The number of ether oxygens (including phenoxy) is 1. The standard InChI is InChI=1S/C25H41BN2O6S/c1-10-25(17-22(3,4)27-35(9,30)31)15-16-28(21(29)32-25)18(2)19-11-13-20(14-12-19)26-33-23(5,6)24(7,8)34-26/h11-14,18,27H,10,15-17H2,1-9H3. The summed E-state index contributed by atoms with van der Waals surface area (Å²) in [4.78, 5) is 14.8. The topological polar surface area (TPSA) is 94.2 Å². The highest BCUT2D eigenvalue weighted by Crippen LogP contribution is 2.38. The maximum atomic E-state index is 13.1. The molecule has 10 heteroatoms. The number of rotatable bonds is 8. The number of cyclic esters (lactones) is 1. The van der Waals surface area contributed by atoms with E-state index in [2.05, 4.69) is 4.72 Å². The predicted octanol–water partition coefficient (Wildman–Crippen LogP) is 3.76. The first kappa shape index (κ1) is 28.0. The first-order valence-corrected chi connectivity index (χ1v) is 14.2. The summed E-state index contributed by atoms with van der Waals surface area (Å²) in [7, 11) is -3.81. The number of hydrogen-bond acceptors (Lipinski definition) is 6. The molecular formula is C25H41BN2O6S. The van der Waals surface area contributed by atoms with Crippen LogP contribution in [0.3, 0.4) is 0 Å². The quantitative estimate of drug-likeness (QED) is 0.538. The van der Waals surface area contributed by atoms with Gasteiger partial charge in [-0.2, -0.15) is 0 Å². The molecule has 2 aliphatic heterocycles. The summed E-state index contributed by atoms with van der Waals surface area (Å²) >= 11 is 0. The Morgan fingerprint density at radius 1 is 1.11 bits per heavy atom. The van der Waals surface area contributed by atoms with Gasteiger partial charge in [-0.05, 0) is 65.9 Å². The largest absolute Gasteiger partial charge is 0.494 e. The summed E-state index contributed by atoms with van der Waals surface area (Å²) in [6.45, 7) is 16.2. The summed E-state index contributed by atoms with van der Waals surface area (Å²) in [6.07, 6.45) is 2.40. The lowest BCUT2D eigenvalue weighted by Crippen LogP contribution is -2.55. The van der Waals surface area contributed by atoms with E-state index in [4.69, 9.17) is 14.0 Å². The fraction of sp³-hybridized carbons (Fsp3) is 0.720. The first-order valence-electron chi connectivity index (χ1n) is 12.3. The smallest absolute Gasteiger partial charge is 0.443 e. The molecule has 1 amide bonds. The number of nitrogens with zero attached hydrogens (tertiary/aromatic N) is 1. The van der Waals surface area contributed by atoms with Crippen molar-refractivity contribution in [2.45, 2.75) is 103 Å². The SMILES string of the molecule is CCC1(CC(C)(C)NS(C)(=O)=O)CCN(C(C)c2ccc(B3OC(C)(C)C(C)(C)O3)cc2)C(=O)O1. The van der Waals surface area contributed by atoms with Gasteiger partial charge < -0.3 is 18.9 Å². The molecule has 0 bridgehead atoms. The van der Waals surface area contributed by atoms with Crippen LogP contribution in [0.15, 0.2) is 24.3 Å². The van der Waals surface area contributed by atoms with Gasteiger partial charge in [-0.1, -0.05) is 31.2 Å². The van der Waals surface area contributed by atoms with Gasteiger partial charge in [-0.15, -0.1) is 0 Å². The van der Waals surface area contributed by atoms with Crippen LogP contribution in [-0.2, 0) is 24.1 Å². The minimum Gasteiger partial charge on any atom is -0.443 e. The van der Waals surface area contributed by atoms with Gasteiger partial charge in [0.1, 0.15) is 5.60 Å². The lowest BCUT2D eigenvalue weighted by atomic mass is 9.78. The molecule has 2 saturated heterocycles. The Morgan fingerprint density at radius 2 is 1.66 bits per heavy atom. The molecule has 1 aromatic rings. The maximum absolute atomic E-state index is 13.1. The molecule has 1 N–H and O–H groups in total. The van der Waals surface area contributed by atoms with Crippen LogP contribution in [0.4, 0.5) is 4.79 Å². The minimum atomic E-state index is -3.38. The van der Waals surface area contributed by atoms with E-state index in [-0.39, 0.29) is 12.1 Å². The highest BCUT2D eigenvalue weighted by molar-refractivity contribution is 7.88. The van der Waals surface area contributed by atoms with Crippen LogP contribution in [0.2, 0.25) is 0 Å². The van der Waals surface area contributed by atoms with E-state index in [1.54, 1.807) is 4.90 Å². The van der Waals surface area contributed by atoms with Gasteiger partial charge in [-0.25, -0.2) is 17.9 Å². The molecule has 2 aliphatic rings. The van der Waals surface area contributed by atoms with E-state index in [9.17, 15) is 13.2 Å². The van der Waals surface area contributed by atoms with Gasteiger partial charge in [0.15, 0.2) is 0 Å². The lowest BCUT2D eigenvalue weighted by Gasteiger charge is -2.45. The molecule has 2 fully saturated rings. The van der Waals surface area contributed by atoms with E-state index < -0.39 is 39.5 Å². The zero-order valence-corrected chi connectivity index (χ0v) is 23.4. The Balaban J connectivity index is 1.68. The van der Waals surface area contributed by atoms with Crippen LogP contribution in [0.5, 0.6) is 0 Å². The van der Waals surface area contributed by atoms with Gasteiger partial charge in [0.05, 0.1) is 23.5 Å². The van der Waals surface area contributed by atoms with Crippen molar-refractivity contribution < 1.29 is 27.3 Å². The van der Waals surface area contributed by atoms with Crippen LogP contribution in [0.1, 0.15) is 86.3 Å². The monoisotopic (exact) mass is 508 g/mol. The van der Waals surface area contributed by atoms with Gasteiger partial charge in [0.2, 0.25) is 10.0 Å². The summed E-state index contributed by atoms with van der Waals surface area (Å²) in [6, 6.07) is 7.79. The highest BCUT2D eigenvalue weighted by Gasteiger charge is 2.51. The molecule has 1 aromatic carbocycles. The van der Waals surface area contributed by atoms with E-state index in [0.29, 0.717) is 25.8 Å². The van der Waals surface area contributed by atoms with Crippen LogP contribution in [-0.4, -0.2) is 61.7 Å². The van der Waals surface area contributed by atoms with Gasteiger partial charge in [0.25, 0.3) is 0 Å². The summed E-state index contributed by atoms with van der Waals surface area (Å²) in [5, 5.41) is 0. The number of sulfonamides is 1. The molecule has 0 spiro atoms. The van der Waals surface area contributed by atoms with E-state index in [1.165, 1.54) is 0 Å². The number of amides is 1. The Labute approximate surface area is 211 Å². The second-order valence-corrected chi connectivity index (χ2v) is 13.5. The Bertz CT molecular complexity index is 1020. The van der Waals surface area contributed by atoms with Crippen molar-refractivity contribution in [2.75, 3.05) is 12.8 Å². The molecule has 2 unspecified atom stereocenters. The second kappa shape index (κ2) is 9.36. The van der Waals surface area contributed by atoms with Gasteiger partial charge >= 0.3 is 13.2 Å². The molecule has 2 atom stereocenters. The van der Waals surface area contributed by atoms with E-state index in [0.717, 1.165) is 17.3 Å². The Kier molecular flexibility index (Phi) is 7.48. The summed E-state index contributed by atoms with van der Waals surface area (Å²) < 4.78 is 44.5. The van der Waals surface area contributed by atoms with Gasteiger partial charge in [-0.3, -0.25) is 0 Å². The van der Waals surface area contributed by atoms with Crippen molar-refractivity contribution >= 4 is 28.7 Å². The molecule has 196 valence electrons. The lowest BCUT2D eigenvalue weighted by molar-refractivity contribution is -0.0721. The Morgan fingerprint density at radius 3 is 2.11 bits per heavy atom. The van der Waals surface area contributed by atoms with E-state index in [1.807, 2.05) is 79.7 Å². The summed E-state index contributed by atoms with van der Waals surface area (Å²) in [5.74, 6) is 0. The number of hydrogen-bond donors (Lipinski definition) is 1. The molecule has 35 heavy (non-hydrogen) atoms. The van der Waals surface area contributed by atoms with Crippen molar-refractivity contribution in [3.05, 3.63) is 29.8 Å². The van der Waals surface area contributed by atoms with Crippen LogP contribution in [0.25, 0.3) is 0 Å². The third-order valence-corrected chi connectivity index (χ3v) is 8.55. The minimum absolute atomic E-state index is 0.174. The average Bonchev–Trinajstić information content (AvgIpc) is 2.92. The number of carbonyl (C=O) groups excluding carboxylic acids is 1. The predicted molar refractivity (Wildman–Crippen MR) is 138 cm³/mol. The number of nitrogens with one attached hydrogen (secondary N) is 1. The summed E-state index contributed by atoms with van der Waals surface area (Å²) in [5.41, 5.74) is -0.330. The van der Waals surface area contributed by atoms with Crippen LogP contribution >= 0.6 is 0 Å². The van der Waals surface area contributed by atoms with Crippen LogP contribution < -0.4 is 10.2 Å². The number of carbonyl (C=O) groups is 1. The zero-order valence-electron chi connectivity index (χ0n) is 22.6. The number of benzene rings is 1. The Hall–Kier alpha value is -1.62. The molecule has 8 nitrogen and oxygen atoms in total. The fourth-order valence-corrected chi connectivity index (χ4v) is 6.07. The first-order chi connectivity index (χ1) is 15.9. The molecular weight excluding hydrogens is 467 g/mol.